The molecule has 1 unspecified atom stereocenters. The molecule has 0 spiro atoms. The molecule has 1 atom stereocenters. The van der Waals surface area contributed by atoms with E-state index in [4.69, 9.17) is 5.73 Å². The fourth-order valence-corrected chi connectivity index (χ4v) is 5.72. The zero-order chi connectivity index (χ0) is 18.2. The first kappa shape index (κ1) is 21.4. The molecular weight excluding hydrogens is 389 g/mol. The standard InChI is InChI=1S/C19H19NP.C5H5.Fe/c1-19(20,16-10-8-9-11-16)21(17-12-4-2-5-13-17)18-14-6-3-7-15-18;1-2-4-5-3-1;/h2-15H,20H2,1H3;1-5H;/q-1;-5;. The summed E-state index contributed by atoms with van der Waals surface area (Å²) in [5, 5.41) is 2.23. The molecule has 0 bridgehead atoms. The smallest absolute Gasteiger partial charge is 0.0212 e. The second kappa shape index (κ2) is 10.4. The van der Waals surface area contributed by atoms with E-state index >= 15 is 0 Å². The molecular formula is C24H24FeNP-6. The average Bonchev–Trinajstić information content (AvgIpc) is 3.40. The molecule has 1 nitrogen and oxygen atoms in total. The molecule has 0 aliphatic heterocycles. The van der Waals surface area contributed by atoms with Crippen molar-refractivity contribution in [2.24, 2.45) is 5.73 Å². The topological polar surface area (TPSA) is 26.0 Å². The van der Waals surface area contributed by atoms with Gasteiger partial charge in [-0.15, -0.1) is 5.56 Å². The van der Waals surface area contributed by atoms with E-state index < -0.39 is 7.92 Å². The SMILES string of the molecule is CC(N)([c-]1cccc1)P(c1ccccc1)c1ccccc1.[Fe].[cH-]1[cH-][cH-][cH-][cH-]1. The molecule has 144 valence electrons. The van der Waals surface area contributed by atoms with Gasteiger partial charge < -0.3 is 36.1 Å². The van der Waals surface area contributed by atoms with Gasteiger partial charge in [0.15, 0.2) is 0 Å². The Hall–Kier alpha value is -1.95. The summed E-state index contributed by atoms with van der Waals surface area (Å²) < 4.78 is 0. The molecule has 0 amide bonds. The van der Waals surface area contributed by atoms with E-state index in [0.29, 0.717) is 0 Å². The minimum Gasteiger partial charge on any atom is -0.748 e. The van der Waals surface area contributed by atoms with Crippen LogP contribution < -0.4 is 16.3 Å². The molecule has 0 heterocycles. The second-order valence-corrected chi connectivity index (χ2v) is 8.92. The molecule has 0 aliphatic carbocycles. The Morgan fingerprint density at radius 1 is 0.704 bits per heavy atom. The summed E-state index contributed by atoms with van der Waals surface area (Å²) in [4.78, 5) is 0. The van der Waals surface area contributed by atoms with Gasteiger partial charge in [0.25, 0.3) is 0 Å². The molecule has 27 heavy (non-hydrogen) atoms. The monoisotopic (exact) mass is 413 g/mol. The Bertz CT molecular complexity index is 797. The van der Waals surface area contributed by atoms with Gasteiger partial charge in [0.2, 0.25) is 0 Å². The molecule has 0 fully saturated rings. The van der Waals surface area contributed by atoms with Crippen LogP contribution >= 0.6 is 7.92 Å². The summed E-state index contributed by atoms with van der Waals surface area (Å²) in [6.45, 7) is 2.15. The molecule has 4 aromatic rings. The van der Waals surface area contributed by atoms with E-state index in [0.717, 1.165) is 0 Å². The Morgan fingerprint density at radius 2 is 1.07 bits per heavy atom. The molecule has 4 aromatic carbocycles. The Morgan fingerprint density at radius 3 is 1.44 bits per heavy atom. The Balaban J connectivity index is 0.000000379. The normalized spacial score (nSPS) is 12.4. The molecule has 2 N–H and O–H groups in total. The minimum absolute atomic E-state index is 0. The van der Waals surface area contributed by atoms with Crippen LogP contribution in [0.3, 0.4) is 0 Å². The summed E-state index contributed by atoms with van der Waals surface area (Å²) in [6.07, 6.45) is 0. The molecule has 0 aromatic heterocycles. The van der Waals surface area contributed by atoms with Crippen LogP contribution in [0.25, 0.3) is 0 Å². The van der Waals surface area contributed by atoms with Gasteiger partial charge in [0.1, 0.15) is 0 Å². The molecule has 4 rings (SSSR count). The van der Waals surface area contributed by atoms with Crippen molar-refractivity contribution in [2.45, 2.75) is 12.2 Å². The van der Waals surface area contributed by atoms with Gasteiger partial charge in [0.05, 0.1) is 0 Å². The maximum Gasteiger partial charge on any atom is 0.0212 e. The van der Waals surface area contributed by atoms with Crippen molar-refractivity contribution >= 4 is 18.5 Å². The van der Waals surface area contributed by atoms with Crippen LogP contribution in [0.4, 0.5) is 0 Å². The largest absolute Gasteiger partial charge is 0.748 e. The second-order valence-electron chi connectivity index (χ2n) is 6.29. The summed E-state index contributed by atoms with van der Waals surface area (Å²) in [5.41, 5.74) is 8.02. The average molecular weight is 413 g/mol. The van der Waals surface area contributed by atoms with Gasteiger partial charge in [-0.1, -0.05) is 60.7 Å². The maximum absolute atomic E-state index is 6.82. The fourth-order valence-electron chi connectivity index (χ4n) is 3.00. The van der Waals surface area contributed by atoms with E-state index in [9.17, 15) is 0 Å². The number of hydrogen-bond acceptors (Lipinski definition) is 1. The maximum atomic E-state index is 6.82. The van der Waals surface area contributed by atoms with Crippen LogP contribution in [0, 0.1) is 0 Å². The van der Waals surface area contributed by atoms with Gasteiger partial charge in [-0.2, -0.15) is 12.1 Å². The van der Waals surface area contributed by atoms with Crippen molar-refractivity contribution < 1.29 is 17.1 Å². The van der Waals surface area contributed by atoms with Crippen molar-refractivity contribution in [1.82, 2.24) is 0 Å². The number of hydrogen-bond donors (Lipinski definition) is 1. The minimum atomic E-state index is -0.667. The first-order valence-corrected chi connectivity index (χ1v) is 10.1. The summed E-state index contributed by atoms with van der Waals surface area (Å²) >= 11 is 0. The van der Waals surface area contributed by atoms with Crippen molar-refractivity contribution in [3.05, 3.63) is 121 Å². The zero-order valence-electron chi connectivity index (χ0n) is 15.3. The van der Waals surface area contributed by atoms with Crippen molar-refractivity contribution in [3.63, 3.8) is 0 Å². The van der Waals surface area contributed by atoms with Crippen LogP contribution in [-0.2, 0) is 22.3 Å². The van der Waals surface area contributed by atoms with E-state index in [-0.39, 0.29) is 22.3 Å². The quantitative estimate of drug-likeness (QED) is 0.282. The van der Waals surface area contributed by atoms with Gasteiger partial charge in [-0.25, -0.2) is 12.1 Å². The number of benzene rings is 2. The van der Waals surface area contributed by atoms with Gasteiger partial charge in [0, 0.05) is 22.3 Å². The van der Waals surface area contributed by atoms with E-state index in [1.54, 1.807) is 0 Å². The first-order valence-electron chi connectivity index (χ1n) is 8.77. The molecule has 0 saturated carbocycles. The van der Waals surface area contributed by atoms with Gasteiger partial charge in [-0.3, -0.25) is 0 Å². The third kappa shape index (κ3) is 5.51. The first-order chi connectivity index (χ1) is 12.7. The molecule has 0 radical (unpaired) electrons. The zero-order valence-corrected chi connectivity index (χ0v) is 17.3. The summed E-state index contributed by atoms with van der Waals surface area (Å²) in [6, 6.07) is 39.6. The van der Waals surface area contributed by atoms with Crippen molar-refractivity contribution in [2.75, 3.05) is 0 Å². The van der Waals surface area contributed by atoms with Crippen molar-refractivity contribution in [1.29, 1.82) is 0 Å². The van der Waals surface area contributed by atoms with Crippen LogP contribution in [-0.4, -0.2) is 0 Å². The summed E-state index contributed by atoms with van der Waals surface area (Å²) in [5.74, 6) is 0. The third-order valence-electron chi connectivity index (χ3n) is 4.30. The van der Waals surface area contributed by atoms with Crippen LogP contribution in [0.15, 0.2) is 115 Å². The number of nitrogens with two attached hydrogens (primary N) is 1. The van der Waals surface area contributed by atoms with E-state index in [1.165, 1.54) is 16.2 Å². The van der Waals surface area contributed by atoms with Gasteiger partial charge >= 0.3 is 0 Å². The van der Waals surface area contributed by atoms with Crippen LogP contribution in [0.2, 0.25) is 0 Å². The number of rotatable bonds is 4. The van der Waals surface area contributed by atoms with Crippen LogP contribution in [0.1, 0.15) is 12.5 Å². The summed E-state index contributed by atoms with van der Waals surface area (Å²) in [7, 11) is -0.667. The molecule has 0 saturated heterocycles. The Kier molecular flexibility index (Phi) is 8.22. The van der Waals surface area contributed by atoms with E-state index in [1.807, 2.05) is 30.3 Å². The fraction of sp³-hybridized carbons (Fsp3) is 0.0833. The van der Waals surface area contributed by atoms with Crippen LogP contribution in [0.5, 0.6) is 0 Å². The van der Waals surface area contributed by atoms with E-state index in [2.05, 4.69) is 91.9 Å². The Labute approximate surface area is 174 Å². The van der Waals surface area contributed by atoms with Crippen molar-refractivity contribution in [3.8, 4) is 0 Å². The predicted molar refractivity (Wildman–Crippen MR) is 115 cm³/mol. The molecule has 0 aliphatic rings. The van der Waals surface area contributed by atoms with Gasteiger partial charge in [-0.05, 0) is 25.5 Å². The third-order valence-corrected chi connectivity index (χ3v) is 7.11. The predicted octanol–water partition coefficient (Wildman–Crippen LogP) is 5.07. The molecule has 3 heteroatoms.